The van der Waals surface area contributed by atoms with Crippen LogP contribution < -0.4 is 11.1 Å². The Hall–Kier alpha value is -0.620. The SMILES string of the molecule is CN(Cc1cc(C(N)=O)cs1)C1CNC1.Cl. The molecule has 4 nitrogen and oxygen atoms in total. The first-order valence-corrected chi connectivity index (χ1v) is 5.83. The Morgan fingerprint density at radius 3 is 2.81 bits per heavy atom. The summed E-state index contributed by atoms with van der Waals surface area (Å²) in [7, 11) is 2.11. The number of likely N-dealkylation sites (N-methyl/N-ethyl adjacent to an activating group) is 1. The second-order valence-electron chi connectivity index (χ2n) is 3.89. The van der Waals surface area contributed by atoms with E-state index in [1.807, 2.05) is 11.4 Å². The van der Waals surface area contributed by atoms with E-state index in [4.69, 9.17) is 5.73 Å². The largest absolute Gasteiger partial charge is 0.366 e. The van der Waals surface area contributed by atoms with Crippen LogP contribution in [0.5, 0.6) is 0 Å². The maximum Gasteiger partial charge on any atom is 0.249 e. The second-order valence-corrected chi connectivity index (χ2v) is 4.89. The lowest BCUT2D eigenvalue weighted by Gasteiger charge is -2.35. The molecule has 0 saturated carbocycles. The first-order valence-electron chi connectivity index (χ1n) is 4.95. The quantitative estimate of drug-likeness (QED) is 0.838. The Kier molecular flexibility index (Phi) is 4.73. The van der Waals surface area contributed by atoms with Crippen molar-refractivity contribution < 1.29 is 4.79 Å². The molecular formula is C10H16ClN3OS. The summed E-state index contributed by atoms with van der Waals surface area (Å²) in [6, 6.07) is 2.51. The van der Waals surface area contributed by atoms with Crippen molar-refractivity contribution >= 4 is 29.7 Å². The molecule has 2 heterocycles. The lowest BCUT2D eigenvalue weighted by atomic mass is 10.1. The fourth-order valence-electron chi connectivity index (χ4n) is 1.55. The van der Waals surface area contributed by atoms with E-state index in [2.05, 4.69) is 17.3 Å². The van der Waals surface area contributed by atoms with Crippen LogP contribution in [0.15, 0.2) is 11.4 Å². The van der Waals surface area contributed by atoms with Gasteiger partial charge in [0.15, 0.2) is 0 Å². The zero-order valence-corrected chi connectivity index (χ0v) is 10.7. The fourth-order valence-corrected chi connectivity index (χ4v) is 2.49. The summed E-state index contributed by atoms with van der Waals surface area (Å²) in [6.45, 7) is 3.01. The minimum Gasteiger partial charge on any atom is -0.366 e. The summed E-state index contributed by atoms with van der Waals surface area (Å²) in [5.41, 5.74) is 5.82. The average molecular weight is 262 g/mol. The molecule has 1 aromatic rings. The number of carbonyl (C=O) groups excluding carboxylic acids is 1. The van der Waals surface area contributed by atoms with Gasteiger partial charge in [0.05, 0.1) is 5.56 Å². The molecule has 0 bridgehead atoms. The van der Waals surface area contributed by atoms with Crippen LogP contribution in [-0.2, 0) is 6.54 Å². The first-order chi connectivity index (χ1) is 7.16. The minimum atomic E-state index is -0.342. The molecule has 90 valence electrons. The molecule has 0 spiro atoms. The lowest BCUT2D eigenvalue weighted by molar-refractivity contribution is 0.100. The summed E-state index contributed by atoms with van der Waals surface area (Å²) >= 11 is 1.60. The highest BCUT2D eigenvalue weighted by atomic mass is 35.5. The predicted octanol–water partition coefficient (Wildman–Crippen LogP) is 0.672. The number of amides is 1. The third-order valence-electron chi connectivity index (χ3n) is 2.73. The molecule has 0 aliphatic carbocycles. The van der Waals surface area contributed by atoms with E-state index in [9.17, 15) is 4.79 Å². The van der Waals surface area contributed by atoms with E-state index in [1.165, 1.54) is 4.88 Å². The smallest absolute Gasteiger partial charge is 0.249 e. The molecule has 0 radical (unpaired) electrons. The number of nitrogens with one attached hydrogen (secondary N) is 1. The molecular weight excluding hydrogens is 246 g/mol. The summed E-state index contributed by atoms with van der Waals surface area (Å²) in [4.78, 5) is 14.4. The summed E-state index contributed by atoms with van der Waals surface area (Å²) < 4.78 is 0. The fraction of sp³-hybridized carbons (Fsp3) is 0.500. The van der Waals surface area contributed by atoms with Crippen LogP contribution in [0.25, 0.3) is 0 Å². The molecule has 1 aliphatic heterocycles. The monoisotopic (exact) mass is 261 g/mol. The Labute approximate surface area is 105 Å². The van der Waals surface area contributed by atoms with Crippen molar-refractivity contribution in [1.82, 2.24) is 10.2 Å². The number of halogens is 1. The standard InChI is InChI=1S/C10H15N3OS.ClH/c1-13(8-3-12-4-8)5-9-2-7(6-15-9)10(11)14;/h2,6,8,12H,3-5H2,1H3,(H2,11,14);1H. The van der Waals surface area contributed by atoms with Crippen LogP contribution in [0.1, 0.15) is 15.2 Å². The van der Waals surface area contributed by atoms with Gasteiger partial charge in [0.25, 0.3) is 0 Å². The number of thiophene rings is 1. The number of primary amides is 1. The van der Waals surface area contributed by atoms with E-state index in [0.29, 0.717) is 11.6 Å². The van der Waals surface area contributed by atoms with E-state index >= 15 is 0 Å². The number of nitrogens with zero attached hydrogens (tertiary/aromatic N) is 1. The molecule has 1 aromatic heterocycles. The lowest BCUT2D eigenvalue weighted by Crippen LogP contribution is -2.55. The van der Waals surface area contributed by atoms with Crippen LogP contribution in [0.3, 0.4) is 0 Å². The normalized spacial score (nSPS) is 15.6. The average Bonchev–Trinajstić information content (AvgIpc) is 2.48. The molecule has 1 fully saturated rings. The molecule has 0 unspecified atom stereocenters. The Morgan fingerprint density at radius 1 is 1.69 bits per heavy atom. The highest BCUT2D eigenvalue weighted by Gasteiger charge is 2.21. The van der Waals surface area contributed by atoms with Gasteiger partial charge < -0.3 is 11.1 Å². The minimum absolute atomic E-state index is 0. The van der Waals surface area contributed by atoms with Crippen molar-refractivity contribution in [2.24, 2.45) is 5.73 Å². The van der Waals surface area contributed by atoms with E-state index in [0.717, 1.165) is 19.6 Å². The predicted molar refractivity (Wildman–Crippen MR) is 68.2 cm³/mol. The second kappa shape index (κ2) is 5.63. The number of carbonyl (C=O) groups is 1. The molecule has 2 rings (SSSR count). The third kappa shape index (κ3) is 2.95. The number of hydrogen-bond acceptors (Lipinski definition) is 4. The number of nitrogens with two attached hydrogens (primary N) is 1. The summed E-state index contributed by atoms with van der Waals surface area (Å²) in [5.74, 6) is -0.342. The topological polar surface area (TPSA) is 58.4 Å². The molecule has 3 N–H and O–H groups in total. The van der Waals surface area contributed by atoms with Crippen molar-refractivity contribution in [2.45, 2.75) is 12.6 Å². The maximum absolute atomic E-state index is 10.9. The van der Waals surface area contributed by atoms with Crippen LogP contribution in [-0.4, -0.2) is 37.0 Å². The van der Waals surface area contributed by atoms with E-state index in [1.54, 1.807) is 11.3 Å². The molecule has 1 amide bonds. The van der Waals surface area contributed by atoms with Gasteiger partial charge in [0, 0.05) is 35.9 Å². The number of rotatable bonds is 4. The highest BCUT2D eigenvalue weighted by Crippen LogP contribution is 2.17. The Balaban J connectivity index is 0.00000128. The third-order valence-corrected chi connectivity index (χ3v) is 3.65. The Bertz CT molecular complexity index is 365. The van der Waals surface area contributed by atoms with Gasteiger partial charge in [0.2, 0.25) is 5.91 Å². The van der Waals surface area contributed by atoms with Gasteiger partial charge >= 0.3 is 0 Å². The summed E-state index contributed by atoms with van der Waals surface area (Å²) in [5, 5.41) is 5.06. The van der Waals surface area contributed by atoms with Crippen molar-refractivity contribution in [3.05, 3.63) is 21.9 Å². The highest BCUT2D eigenvalue weighted by molar-refractivity contribution is 7.10. The molecule has 0 aromatic carbocycles. The first kappa shape index (κ1) is 13.4. The van der Waals surface area contributed by atoms with Crippen LogP contribution >= 0.6 is 23.7 Å². The molecule has 1 saturated heterocycles. The van der Waals surface area contributed by atoms with Crippen molar-refractivity contribution in [2.75, 3.05) is 20.1 Å². The van der Waals surface area contributed by atoms with Crippen molar-refractivity contribution in [3.63, 3.8) is 0 Å². The maximum atomic E-state index is 10.9. The zero-order valence-electron chi connectivity index (χ0n) is 9.10. The van der Waals surface area contributed by atoms with Gasteiger partial charge in [-0.1, -0.05) is 0 Å². The van der Waals surface area contributed by atoms with E-state index < -0.39 is 0 Å². The Morgan fingerprint density at radius 2 is 2.38 bits per heavy atom. The zero-order chi connectivity index (χ0) is 10.8. The van der Waals surface area contributed by atoms with E-state index in [-0.39, 0.29) is 18.3 Å². The molecule has 6 heteroatoms. The van der Waals surface area contributed by atoms with Gasteiger partial charge in [-0.25, -0.2) is 0 Å². The van der Waals surface area contributed by atoms with Crippen molar-refractivity contribution in [1.29, 1.82) is 0 Å². The van der Waals surface area contributed by atoms with Crippen LogP contribution in [0.2, 0.25) is 0 Å². The van der Waals surface area contributed by atoms with Gasteiger partial charge in [-0.2, -0.15) is 0 Å². The summed E-state index contributed by atoms with van der Waals surface area (Å²) in [6.07, 6.45) is 0. The van der Waals surface area contributed by atoms with Crippen LogP contribution in [0, 0.1) is 0 Å². The van der Waals surface area contributed by atoms with Gasteiger partial charge in [0.1, 0.15) is 0 Å². The van der Waals surface area contributed by atoms with Crippen LogP contribution in [0.4, 0.5) is 0 Å². The van der Waals surface area contributed by atoms with Gasteiger partial charge in [-0.3, -0.25) is 9.69 Å². The van der Waals surface area contributed by atoms with Crippen molar-refractivity contribution in [3.8, 4) is 0 Å². The van der Waals surface area contributed by atoms with Gasteiger partial charge in [-0.15, -0.1) is 23.7 Å². The number of hydrogen-bond donors (Lipinski definition) is 2. The molecule has 0 atom stereocenters. The molecule has 1 aliphatic rings. The molecule has 16 heavy (non-hydrogen) atoms. The van der Waals surface area contributed by atoms with Gasteiger partial charge in [-0.05, 0) is 13.1 Å².